The Hall–Kier alpha value is -2.95. The molecule has 2 aromatic carbocycles. The molecule has 0 saturated carbocycles. The minimum atomic E-state index is -2.93. The number of piperidine rings is 1. The van der Waals surface area contributed by atoms with E-state index in [0.29, 0.717) is 24.2 Å². The number of hydrogen-bond donors (Lipinski definition) is 2. The lowest BCUT2D eigenvalue weighted by molar-refractivity contribution is -0.144. The van der Waals surface area contributed by atoms with E-state index >= 15 is 0 Å². The van der Waals surface area contributed by atoms with E-state index in [1.165, 1.54) is 24.3 Å². The summed E-state index contributed by atoms with van der Waals surface area (Å²) >= 11 is 0. The lowest BCUT2D eigenvalue weighted by atomic mass is 9.69. The van der Waals surface area contributed by atoms with Crippen molar-refractivity contribution in [3.05, 3.63) is 65.0 Å². The number of phenolic OH excluding ortho intramolecular Hbond substituents is 1. The van der Waals surface area contributed by atoms with Crippen LogP contribution in [0.3, 0.4) is 0 Å². The summed E-state index contributed by atoms with van der Waals surface area (Å²) in [5, 5.41) is 20.4. The second kappa shape index (κ2) is 13.4. The molecule has 0 bridgehead atoms. The van der Waals surface area contributed by atoms with Crippen LogP contribution < -0.4 is 0 Å². The van der Waals surface area contributed by atoms with Crippen LogP contribution in [0.1, 0.15) is 46.7 Å². The number of rotatable bonds is 10. The molecule has 41 heavy (non-hydrogen) atoms. The average molecular weight is 576 g/mol. The van der Waals surface area contributed by atoms with Gasteiger partial charge < -0.3 is 24.9 Å². The Kier molecular flexibility index (Phi) is 10.1. The second-order valence-corrected chi connectivity index (χ2v) is 11.6. The first-order chi connectivity index (χ1) is 19.5. The predicted octanol–water partition coefficient (Wildman–Crippen LogP) is 3.92. The minimum absolute atomic E-state index is 0.0195. The molecule has 2 heterocycles. The summed E-state index contributed by atoms with van der Waals surface area (Å²) in [4.78, 5) is 33.4. The predicted molar refractivity (Wildman–Crippen MR) is 150 cm³/mol. The molecule has 1 amide bonds. The number of Topliss-reactive ketones (excluding diaryl/α,β-unsaturated/α-hetero) is 1. The number of halogens is 3. The number of unbranched alkanes of at least 4 members (excludes halogenated alkanes) is 1. The van der Waals surface area contributed by atoms with E-state index in [-0.39, 0.29) is 36.6 Å². The highest BCUT2D eigenvalue weighted by Crippen LogP contribution is 2.43. The molecule has 0 aromatic heterocycles. The number of carbonyl (C=O) groups is 2. The highest BCUT2D eigenvalue weighted by Gasteiger charge is 2.50. The molecule has 7 nitrogen and oxygen atoms in total. The van der Waals surface area contributed by atoms with Crippen LogP contribution >= 0.6 is 0 Å². The summed E-state index contributed by atoms with van der Waals surface area (Å²) in [7, 11) is 3.96. The van der Waals surface area contributed by atoms with Gasteiger partial charge in [0.2, 0.25) is 5.91 Å². The molecule has 10 heteroatoms. The third kappa shape index (κ3) is 6.93. The lowest BCUT2D eigenvalue weighted by Crippen LogP contribution is -2.55. The second-order valence-electron chi connectivity index (χ2n) is 11.6. The van der Waals surface area contributed by atoms with E-state index in [1.54, 1.807) is 25.1 Å². The third-order valence-electron chi connectivity index (χ3n) is 8.52. The molecule has 2 aliphatic rings. The van der Waals surface area contributed by atoms with Crippen LogP contribution in [0.2, 0.25) is 0 Å². The van der Waals surface area contributed by atoms with Gasteiger partial charge in [0, 0.05) is 37.0 Å². The maximum Gasteiger partial charge on any atom is 0.261 e. The van der Waals surface area contributed by atoms with Crippen LogP contribution in [0.5, 0.6) is 5.75 Å². The van der Waals surface area contributed by atoms with Crippen LogP contribution in [0.4, 0.5) is 13.2 Å². The van der Waals surface area contributed by atoms with Gasteiger partial charge in [-0.05, 0) is 82.7 Å². The number of aromatic hydroxyl groups is 1. The number of benzene rings is 2. The monoisotopic (exact) mass is 575 g/mol. The maximum absolute atomic E-state index is 14.9. The quantitative estimate of drug-likeness (QED) is 0.330. The first kappa shape index (κ1) is 31.0. The standard InChI is InChI=1S/C31H40F3N3O4/c1-19-22(10-7-11-25(19)32)27-23(29(40)20-8-6-9-21(38)16-20)17-36(14-5-4-13-35(2)3)18-24(27)31(41)37-15-12-26(39)28(37)30(33)34/h6-11,16,23-24,26-28,30,38-39H,4-5,12-15,17-18H2,1-3H3/t23-,24+,26?,27+,28-/m0/s1. The molecule has 224 valence electrons. The van der Waals surface area contributed by atoms with Gasteiger partial charge in [0.05, 0.1) is 12.0 Å². The molecule has 0 radical (unpaired) electrons. The van der Waals surface area contributed by atoms with Gasteiger partial charge >= 0.3 is 0 Å². The Balaban J connectivity index is 1.78. The Morgan fingerprint density at radius 2 is 1.78 bits per heavy atom. The fraction of sp³-hybridized carbons (Fsp3) is 0.548. The van der Waals surface area contributed by atoms with E-state index in [0.717, 1.165) is 24.3 Å². The summed E-state index contributed by atoms with van der Waals surface area (Å²) in [6.45, 7) is 3.55. The Morgan fingerprint density at radius 1 is 1.07 bits per heavy atom. The number of aliphatic hydroxyl groups excluding tert-OH is 1. The van der Waals surface area contributed by atoms with E-state index in [4.69, 9.17) is 0 Å². The lowest BCUT2D eigenvalue weighted by Gasteiger charge is -2.45. The van der Waals surface area contributed by atoms with Crippen molar-refractivity contribution in [3.63, 3.8) is 0 Å². The summed E-state index contributed by atoms with van der Waals surface area (Å²) in [5.74, 6) is -3.94. The number of amides is 1. The zero-order valence-corrected chi connectivity index (χ0v) is 23.8. The van der Waals surface area contributed by atoms with Gasteiger partial charge in [-0.15, -0.1) is 0 Å². The van der Waals surface area contributed by atoms with Crippen molar-refractivity contribution in [2.24, 2.45) is 11.8 Å². The summed E-state index contributed by atoms with van der Waals surface area (Å²) < 4.78 is 42.9. The Bertz CT molecular complexity index is 1230. The first-order valence-corrected chi connectivity index (χ1v) is 14.2. The van der Waals surface area contributed by atoms with Gasteiger partial charge in [0.15, 0.2) is 5.78 Å². The van der Waals surface area contributed by atoms with Crippen LogP contribution in [-0.4, -0.2) is 102 Å². The number of likely N-dealkylation sites (tertiary alicyclic amines) is 2. The van der Waals surface area contributed by atoms with Crippen LogP contribution in [0, 0.1) is 24.6 Å². The highest BCUT2D eigenvalue weighted by molar-refractivity contribution is 5.99. The zero-order valence-electron chi connectivity index (χ0n) is 23.8. The van der Waals surface area contributed by atoms with E-state index in [1.807, 2.05) is 19.0 Å². The number of alkyl halides is 2. The molecule has 2 aliphatic heterocycles. The smallest absolute Gasteiger partial charge is 0.261 e. The molecule has 2 fully saturated rings. The van der Waals surface area contributed by atoms with Gasteiger partial charge in [-0.3, -0.25) is 9.59 Å². The van der Waals surface area contributed by atoms with Gasteiger partial charge in [0.25, 0.3) is 6.43 Å². The fourth-order valence-electron chi connectivity index (χ4n) is 6.43. The van der Waals surface area contributed by atoms with Crippen molar-refractivity contribution in [1.82, 2.24) is 14.7 Å². The van der Waals surface area contributed by atoms with Gasteiger partial charge in [0.1, 0.15) is 17.6 Å². The number of aliphatic hydroxyl groups is 1. The minimum Gasteiger partial charge on any atom is -0.508 e. The van der Waals surface area contributed by atoms with E-state index < -0.39 is 48.0 Å². The summed E-state index contributed by atoms with van der Waals surface area (Å²) in [6, 6.07) is 8.89. The van der Waals surface area contributed by atoms with E-state index in [9.17, 15) is 33.0 Å². The number of ketones is 1. The SMILES string of the molecule is Cc1c(F)cccc1[C@@H]1[C@@H](C(=O)c2cccc(O)c2)CN(CCCCN(C)C)C[C@H]1C(=O)N1CCC(O)[C@H]1C(F)F. The first-order valence-electron chi connectivity index (χ1n) is 14.2. The molecule has 2 N–H and O–H groups in total. The largest absolute Gasteiger partial charge is 0.508 e. The Labute approximate surface area is 239 Å². The van der Waals surface area contributed by atoms with Crippen molar-refractivity contribution < 1.29 is 33.0 Å². The maximum atomic E-state index is 14.9. The normalized spacial score (nSPS) is 25.3. The number of phenols is 1. The highest BCUT2D eigenvalue weighted by atomic mass is 19.3. The topological polar surface area (TPSA) is 84.3 Å². The van der Waals surface area contributed by atoms with Crippen LogP contribution in [0.15, 0.2) is 42.5 Å². The van der Waals surface area contributed by atoms with Gasteiger partial charge in [-0.1, -0.05) is 24.3 Å². The van der Waals surface area contributed by atoms with E-state index in [2.05, 4.69) is 4.90 Å². The molecule has 2 saturated heterocycles. The van der Waals surface area contributed by atoms with Crippen molar-refractivity contribution in [2.75, 3.05) is 46.8 Å². The molecule has 5 atom stereocenters. The number of nitrogens with zero attached hydrogens (tertiary/aromatic N) is 3. The van der Waals surface area contributed by atoms with Crippen LogP contribution in [-0.2, 0) is 4.79 Å². The fourth-order valence-corrected chi connectivity index (χ4v) is 6.43. The molecule has 2 aromatic rings. The number of hydrogen-bond acceptors (Lipinski definition) is 6. The van der Waals surface area contributed by atoms with Gasteiger partial charge in [-0.2, -0.15) is 0 Å². The van der Waals surface area contributed by atoms with Crippen LogP contribution in [0.25, 0.3) is 0 Å². The molecule has 1 unspecified atom stereocenters. The molecular weight excluding hydrogens is 535 g/mol. The molecule has 4 rings (SSSR count). The van der Waals surface area contributed by atoms with Crippen molar-refractivity contribution >= 4 is 11.7 Å². The third-order valence-corrected chi connectivity index (χ3v) is 8.52. The van der Waals surface area contributed by atoms with Crippen molar-refractivity contribution in [2.45, 2.75) is 50.7 Å². The summed E-state index contributed by atoms with van der Waals surface area (Å²) in [5.41, 5.74) is 1.05. The molecule has 0 aliphatic carbocycles. The number of carbonyl (C=O) groups excluding carboxylic acids is 2. The summed E-state index contributed by atoms with van der Waals surface area (Å²) in [6.07, 6.45) is -2.54. The van der Waals surface area contributed by atoms with Crippen molar-refractivity contribution in [1.29, 1.82) is 0 Å². The zero-order chi connectivity index (χ0) is 29.8. The van der Waals surface area contributed by atoms with Gasteiger partial charge in [-0.25, -0.2) is 13.2 Å². The molecular formula is C31H40F3N3O4. The molecule has 0 spiro atoms. The van der Waals surface area contributed by atoms with Crippen molar-refractivity contribution in [3.8, 4) is 5.75 Å². The average Bonchev–Trinajstić information content (AvgIpc) is 3.33. The Morgan fingerprint density at radius 3 is 2.46 bits per heavy atom.